The second-order valence-corrected chi connectivity index (χ2v) is 9.98. The normalized spacial score (nSPS) is 13.9. The predicted octanol–water partition coefficient (Wildman–Crippen LogP) is 2.92. The highest BCUT2D eigenvalue weighted by Crippen LogP contribution is 2.17. The standard InChI is InChI=1S/C26H35N5O5/c1-18-7-6-8-20(15-18)9-10-31(17-22(32)33)23(34)21-16-27-24(28-19(21)2)29-11-13-30(14-12-29)25(35)36-26(3,4)5/h6-8,15-16H,9-14,17H2,1-5H3,(H,32,33). The van der Waals surface area contributed by atoms with Crippen LogP contribution in [0.3, 0.4) is 0 Å². The fourth-order valence-corrected chi connectivity index (χ4v) is 3.95. The molecule has 1 fully saturated rings. The summed E-state index contributed by atoms with van der Waals surface area (Å²) in [5.41, 5.74) is 2.34. The number of aryl methyl sites for hydroxylation is 2. The summed E-state index contributed by atoms with van der Waals surface area (Å²) in [7, 11) is 0. The maximum absolute atomic E-state index is 13.2. The van der Waals surface area contributed by atoms with Gasteiger partial charge in [0.15, 0.2) is 0 Å². The Morgan fingerprint density at radius 2 is 1.81 bits per heavy atom. The Balaban J connectivity index is 1.66. The summed E-state index contributed by atoms with van der Waals surface area (Å²) in [6.45, 7) is 11.1. The van der Waals surface area contributed by atoms with Gasteiger partial charge in [0.2, 0.25) is 5.95 Å². The molecule has 36 heavy (non-hydrogen) atoms. The van der Waals surface area contributed by atoms with E-state index in [4.69, 9.17) is 4.74 Å². The molecule has 2 aromatic rings. The number of carboxylic acids is 1. The summed E-state index contributed by atoms with van der Waals surface area (Å²) in [5, 5.41) is 9.36. The van der Waals surface area contributed by atoms with Crippen LogP contribution in [-0.4, -0.2) is 87.7 Å². The third kappa shape index (κ3) is 7.40. The minimum absolute atomic E-state index is 0.266. The lowest BCUT2D eigenvalue weighted by Gasteiger charge is -2.35. The van der Waals surface area contributed by atoms with E-state index in [0.717, 1.165) is 11.1 Å². The second-order valence-electron chi connectivity index (χ2n) is 9.98. The van der Waals surface area contributed by atoms with Gasteiger partial charge in [-0.25, -0.2) is 14.8 Å². The molecule has 1 aromatic heterocycles. The average molecular weight is 498 g/mol. The molecule has 1 N–H and O–H groups in total. The number of carbonyl (C=O) groups excluding carboxylic acids is 2. The summed E-state index contributed by atoms with van der Waals surface area (Å²) >= 11 is 0. The van der Waals surface area contributed by atoms with Crippen LogP contribution in [0, 0.1) is 13.8 Å². The molecule has 0 bridgehead atoms. The third-order valence-electron chi connectivity index (χ3n) is 5.78. The second kappa shape index (κ2) is 11.4. The third-order valence-corrected chi connectivity index (χ3v) is 5.78. The highest BCUT2D eigenvalue weighted by Gasteiger charge is 2.28. The van der Waals surface area contributed by atoms with Crippen molar-refractivity contribution in [1.29, 1.82) is 0 Å². The lowest BCUT2D eigenvalue weighted by molar-refractivity contribution is -0.137. The molecule has 1 saturated heterocycles. The van der Waals surface area contributed by atoms with Crippen molar-refractivity contribution < 1.29 is 24.2 Å². The SMILES string of the molecule is Cc1cccc(CCN(CC(=O)O)C(=O)c2cnc(N3CCN(C(=O)OC(C)(C)C)CC3)nc2C)c1. The number of anilines is 1. The number of ether oxygens (including phenoxy) is 1. The molecule has 1 aliphatic rings. The first-order valence-electron chi connectivity index (χ1n) is 12.1. The number of aliphatic carboxylic acids is 1. The number of carbonyl (C=O) groups is 3. The first kappa shape index (κ1) is 26.9. The van der Waals surface area contributed by atoms with E-state index in [9.17, 15) is 19.5 Å². The lowest BCUT2D eigenvalue weighted by Crippen LogP contribution is -2.50. The van der Waals surface area contributed by atoms with Crippen molar-refractivity contribution in [2.75, 3.05) is 44.2 Å². The van der Waals surface area contributed by atoms with E-state index in [1.54, 1.807) is 11.8 Å². The van der Waals surface area contributed by atoms with Crippen LogP contribution >= 0.6 is 0 Å². The number of piperazine rings is 1. The van der Waals surface area contributed by atoms with E-state index < -0.39 is 24.0 Å². The quantitative estimate of drug-likeness (QED) is 0.621. The zero-order chi connectivity index (χ0) is 26.5. The van der Waals surface area contributed by atoms with Gasteiger partial charge in [0.05, 0.1) is 11.3 Å². The van der Waals surface area contributed by atoms with Gasteiger partial charge in [-0.2, -0.15) is 0 Å². The molecule has 1 aromatic carbocycles. The molecule has 194 valence electrons. The fraction of sp³-hybridized carbons (Fsp3) is 0.500. The Bertz CT molecular complexity index is 1110. The Morgan fingerprint density at radius 3 is 2.39 bits per heavy atom. The minimum Gasteiger partial charge on any atom is -0.480 e. The summed E-state index contributed by atoms with van der Waals surface area (Å²) in [6, 6.07) is 7.92. The van der Waals surface area contributed by atoms with Gasteiger partial charge in [0, 0.05) is 38.9 Å². The van der Waals surface area contributed by atoms with Crippen LogP contribution < -0.4 is 4.90 Å². The van der Waals surface area contributed by atoms with Crippen molar-refractivity contribution in [3.05, 3.63) is 52.8 Å². The van der Waals surface area contributed by atoms with Crippen LogP contribution in [0.5, 0.6) is 0 Å². The molecule has 0 radical (unpaired) electrons. The van der Waals surface area contributed by atoms with Crippen molar-refractivity contribution in [2.45, 2.75) is 46.6 Å². The molecule has 0 saturated carbocycles. The van der Waals surface area contributed by atoms with Gasteiger partial charge < -0.3 is 24.5 Å². The van der Waals surface area contributed by atoms with Gasteiger partial charge in [0.1, 0.15) is 12.1 Å². The number of hydrogen-bond donors (Lipinski definition) is 1. The minimum atomic E-state index is -1.08. The van der Waals surface area contributed by atoms with Crippen molar-refractivity contribution in [1.82, 2.24) is 19.8 Å². The molecule has 10 heteroatoms. The van der Waals surface area contributed by atoms with Crippen LogP contribution in [0.25, 0.3) is 0 Å². The first-order chi connectivity index (χ1) is 16.9. The Labute approximate surface area is 211 Å². The van der Waals surface area contributed by atoms with Crippen molar-refractivity contribution in [3.63, 3.8) is 0 Å². The van der Waals surface area contributed by atoms with Gasteiger partial charge in [0.25, 0.3) is 5.91 Å². The molecular formula is C26H35N5O5. The maximum Gasteiger partial charge on any atom is 0.410 e. The number of carboxylic acid groups (broad SMARTS) is 1. The molecule has 2 amide bonds. The number of hydrogen-bond acceptors (Lipinski definition) is 7. The van der Waals surface area contributed by atoms with Gasteiger partial charge in [-0.1, -0.05) is 29.8 Å². The smallest absolute Gasteiger partial charge is 0.410 e. The average Bonchev–Trinajstić information content (AvgIpc) is 2.80. The van der Waals surface area contributed by atoms with Gasteiger partial charge in [-0.3, -0.25) is 9.59 Å². The Morgan fingerprint density at radius 1 is 1.11 bits per heavy atom. The van der Waals surface area contributed by atoms with Crippen LogP contribution in [0.2, 0.25) is 0 Å². The van der Waals surface area contributed by atoms with E-state index >= 15 is 0 Å². The molecule has 0 aliphatic carbocycles. The number of benzene rings is 1. The zero-order valence-electron chi connectivity index (χ0n) is 21.7. The molecule has 0 unspecified atom stereocenters. The van der Waals surface area contributed by atoms with E-state index in [1.165, 1.54) is 11.1 Å². The highest BCUT2D eigenvalue weighted by atomic mass is 16.6. The summed E-state index contributed by atoms with van der Waals surface area (Å²) in [4.78, 5) is 50.8. The number of rotatable bonds is 7. The molecule has 2 heterocycles. The molecule has 1 aliphatic heterocycles. The maximum atomic E-state index is 13.2. The monoisotopic (exact) mass is 497 g/mol. The first-order valence-corrected chi connectivity index (χ1v) is 12.1. The topological polar surface area (TPSA) is 116 Å². The number of nitrogens with zero attached hydrogens (tertiary/aromatic N) is 5. The lowest BCUT2D eigenvalue weighted by atomic mass is 10.1. The Kier molecular flexibility index (Phi) is 8.49. The van der Waals surface area contributed by atoms with Crippen LogP contribution in [0.4, 0.5) is 10.7 Å². The van der Waals surface area contributed by atoms with Crippen molar-refractivity contribution >= 4 is 23.9 Å². The summed E-state index contributed by atoms with van der Waals surface area (Å²) in [6.07, 6.45) is 1.66. The van der Waals surface area contributed by atoms with Gasteiger partial charge >= 0.3 is 12.1 Å². The number of aromatic nitrogens is 2. The van der Waals surface area contributed by atoms with Gasteiger partial charge in [-0.05, 0) is 46.6 Å². The van der Waals surface area contributed by atoms with Crippen LogP contribution in [-0.2, 0) is 16.0 Å². The van der Waals surface area contributed by atoms with Crippen LogP contribution in [0.1, 0.15) is 48.0 Å². The summed E-state index contributed by atoms with van der Waals surface area (Å²) < 4.78 is 5.44. The van der Waals surface area contributed by atoms with Crippen LogP contribution in [0.15, 0.2) is 30.5 Å². The largest absolute Gasteiger partial charge is 0.480 e. The predicted molar refractivity (Wildman–Crippen MR) is 135 cm³/mol. The summed E-state index contributed by atoms with van der Waals surface area (Å²) in [5.74, 6) is -1.02. The number of amides is 2. The molecule has 0 spiro atoms. The molecular weight excluding hydrogens is 462 g/mol. The zero-order valence-corrected chi connectivity index (χ0v) is 21.7. The fourth-order valence-electron chi connectivity index (χ4n) is 3.95. The van der Waals surface area contributed by atoms with Gasteiger partial charge in [-0.15, -0.1) is 0 Å². The molecule has 0 atom stereocenters. The van der Waals surface area contributed by atoms with E-state index in [2.05, 4.69) is 9.97 Å². The van der Waals surface area contributed by atoms with E-state index in [0.29, 0.717) is 44.2 Å². The van der Waals surface area contributed by atoms with E-state index in [1.807, 2.05) is 56.9 Å². The molecule has 10 nitrogen and oxygen atoms in total. The molecule has 3 rings (SSSR count). The van der Waals surface area contributed by atoms with Crippen molar-refractivity contribution in [2.24, 2.45) is 0 Å². The van der Waals surface area contributed by atoms with Crippen molar-refractivity contribution in [3.8, 4) is 0 Å². The van der Waals surface area contributed by atoms with E-state index in [-0.39, 0.29) is 18.2 Å². The Hall–Kier alpha value is -3.69. The highest BCUT2D eigenvalue weighted by molar-refractivity contribution is 5.96.